The second kappa shape index (κ2) is 10.3. The van der Waals surface area contributed by atoms with E-state index in [2.05, 4.69) is 63.4 Å². The van der Waals surface area contributed by atoms with Crippen LogP contribution in [0.5, 0.6) is 0 Å². The predicted octanol–water partition coefficient (Wildman–Crippen LogP) is 4.78. The maximum atomic E-state index is 13.3. The maximum absolute atomic E-state index is 13.3. The van der Waals surface area contributed by atoms with Crippen LogP contribution in [0.4, 0.5) is 17.2 Å². The molecule has 2 N–H and O–H groups in total. The Balaban J connectivity index is 1.31. The van der Waals surface area contributed by atoms with Crippen LogP contribution in [-0.4, -0.2) is 54.0 Å². The van der Waals surface area contributed by atoms with Crippen LogP contribution in [0.2, 0.25) is 0 Å². The van der Waals surface area contributed by atoms with Crippen molar-refractivity contribution in [3.8, 4) is 0 Å². The third-order valence-corrected chi connectivity index (χ3v) is 7.49. The number of amides is 1. The Morgan fingerprint density at radius 3 is 2.64 bits per heavy atom. The molecule has 1 amide bonds. The molecule has 7 nitrogen and oxygen atoms in total. The summed E-state index contributed by atoms with van der Waals surface area (Å²) in [5.74, 6) is 1.11. The van der Waals surface area contributed by atoms with Crippen molar-refractivity contribution in [1.82, 2.24) is 14.9 Å². The molecular weight excluding hydrogens is 448 g/mol. The molecular formula is C29H36N6O. The number of hydrogen-bond donors (Lipinski definition) is 2. The van der Waals surface area contributed by atoms with Crippen molar-refractivity contribution in [2.75, 3.05) is 48.8 Å². The van der Waals surface area contributed by atoms with Gasteiger partial charge >= 0.3 is 0 Å². The molecule has 1 saturated heterocycles. The molecule has 1 fully saturated rings. The van der Waals surface area contributed by atoms with Gasteiger partial charge in [-0.3, -0.25) is 9.78 Å². The fraction of sp³-hybridized carbons (Fsp3) is 0.414. The number of aromatic nitrogens is 2. The number of nitrogens with zero attached hydrogens (tertiary/aromatic N) is 4. The highest BCUT2D eigenvalue weighted by molar-refractivity contribution is 6.07. The number of likely N-dealkylation sites (tertiary alicyclic amines) is 1. The molecule has 3 aromatic rings. The summed E-state index contributed by atoms with van der Waals surface area (Å²) in [6.45, 7) is 9.63. The standard InChI is InChI=1S/C29H36N6O/c1-29(2)20-35(19-22-10-15-34(3)16-11-22)26-17-23(6-7-25(26)29)33-28(36)24-5-4-12-31-27(24)32-18-21-8-13-30-14-9-21/h4-9,12-14,17,22H,10-11,15-16,18-20H2,1-3H3,(H,31,32)(H,33,36). The van der Waals surface area contributed by atoms with Gasteiger partial charge < -0.3 is 20.4 Å². The molecule has 4 heterocycles. The van der Waals surface area contributed by atoms with Crippen molar-refractivity contribution in [2.24, 2.45) is 5.92 Å². The zero-order chi connectivity index (χ0) is 25.1. The molecule has 1 aromatic carbocycles. The van der Waals surface area contributed by atoms with E-state index in [-0.39, 0.29) is 11.3 Å². The first-order valence-corrected chi connectivity index (χ1v) is 12.9. The number of hydrogen-bond acceptors (Lipinski definition) is 6. The van der Waals surface area contributed by atoms with Crippen molar-refractivity contribution in [2.45, 2.75) is 38.6 Å². The van der Waals surface area contributed by atoms with Gasteiger partial charge in [0.25, 0.3) is 5.91 Å². The summed E-state index contributed by atoms with van der Waals surface area (Å²) in [7, 11) is 2.21. The van der Waals surface area contributed by atoms with E-state index in [1.807, 2.05) is 18.2 Å². The van der Waals surface area contributed by atoms with E-state index < -0.39 is 0 Å². The van der Waals surface area contributed by atoms with Gasteiger partial charge in [0.1, 0.15) is 5.82 Å². The van der Waals surface area contributed by atoms with Gasteiger partial charge in [-0.1, -0.05) is 19.9 Å². The summed E-state index contributed by atoms with van der Waals surface area (Å²) < 4.78 is 0. The topological polar surface area (TPSA) is 73.4 Å². The molecule has 0 atom stereocenters. The fourth-order valence-corrected chi connectivity index (χ4v) is 5.42. The number of carbonyl (C=O) groups excluding carboxylic acids is 1. The second-order valence-corrected chi connectivity index (χ2v) is 10.8. The molecule has 0 aliphatic carbocycles. The number of anilines is 3. The molecule has 0 spiro atoms. The van der Waals surface area contributed by atoms with Gasteiger partial charge in [0.15, 0.2) is 0 Å². The van der Waals surface area contributed by atoms with Crippen molar-refractivity contribution < 1.29 is 4.79 Å². The zero-order valence-corrected chi connectivity index (χ0v) is 21.5. The van der Waals surface area contributed by atoms with Gasteiger partial charge in [-0.2, -0.15) is 0 Å². The lowest BCUT2D eigenvalue weighted by Gasteiger charge is -2.33. The van der Waals surface area contributed by atoms with E-state index in [0.717, 1.165) is 24.3 Å². The van der Waals surface area contributed by atoms with E-state index in [0.29, 0.717) is 23.8 Å². The van der Waals surface area contributed by atoms with Crippen molar-refractivity contribution >= 4 is 23.1 Å². The molecule has 0 unspecified atom stereocenters. The van der Waals surface area contributed by atoms with Crippen LogP contribution in [0.1, 0.15) is 48.2 Å². The van der Waals surface area contributed by atoms with Gasteiger partial charge in [-0.25, -0.2) is 4.98 Å². The number of nitrogens with one attached hydrogen (secondary N) is 2. The number of fused-ring (bicyclic) bond motifs is 1. The Labute approximate surface area is 213 Å². The van der Waals surface area contributed by atoms with Gasteiger partial charge in [0.05, 0.1) is 5.56 Å². The molecule has 2 aliphatic heterocycles. The van der Waals surface area contributed by atoms with Crippen molar-refractivity contribution in [3.63, 3.8) is 0 Å². The lowest BCUT2D eigenvalue weighted by atomic mass is 9.87. The fourth-order valence-electron chi connectivity index (χ4n) is 5.42. The minimum Gasteiger partial charge on any atom is -0.370 e. The van der Waals surface area contributed by atoms with Crippen LogP contribution in [0.25, 0.3) is 0 Å². The largest absolute Gasteiger partial charge is 0.370 e. The average Bonchev–Trinajstić information content (AvgIpc) is 3.13. The lowest BCUT2D eigenvalue weighted by Crippen LogP contribution is -2.38. The van der Waals surface area contributed by atoms with Crippen LogP contribution >= 0.6 is 0 Å². The summed E-state index contributed by atoms with van der Waals surface area (Å²) in [6.07, 6.45) is 7.71. The van der Waals surface area contributed by atoms with Crippen LogP contribution in [0.15, 0.2) is 61.1 Å². The van der Waals surface area contributed by atoms with E-state index >= 15 is 0 Å². The molecule has 188 valence electrons. The van der Waals surface area contributed by atoms with Gasteiger partial charge in [0, 0.05) is 55.0 Å². The molecule has 0 saturated carbocycles. The molecule has 2 aliphatic rings. The molecule has 7 heteroatoms. The van der Waals surface area contributed by atoms with Crippen LogP contribution in [0.3, 0.4) is 0 Å². The van der Waals surface area contributed by atoms with Crippen LogP contribution < -0.4 is 15.5 Å². The highest BCUT2D eigenvalue weighted by Gasteiger charge is 2.36. The normalized spacial score (nSPS) is 17.6. The van der Waals surface area contributed by atoms with Crippen LogP contribution in [-0.2, 0) is 12.0 Å². The third-order valence-electron chi connectivity index (χ3n) is 7.49. The average molecular weight is 485 g/mol. The summed E-state index contributed by atoms with van der Waals surface area (Å²) in [5, 5.41) is 6.41. The molecule has 5 rings (SSSR count). The molecule has 2 aromatic heterocycles. The SMILES string of the molecule is CN1CCC(CN2CC(C)(C)c3ccc(NC(=O)c4cccnc4NCc4ccncc4)cc32)CC1. The first kappa shape index (κ1) is 24.3. The minimum absolute atomic E-state index is 0.0940. The van der Waals surface area contributed by atoms with Crippen molar-refractivity contribution in [1.29, 1.82) is 0 Å². The Morgan fingerprint density at radius 1 is 1.08 bits per heavy atom. The monoisotopic (exact) mass is 484 g/mol. The zero-order valence-electron chi connectivity index (χ0n) is 21.5. The Morgan fingerprint density at radius 2 is 1.86 bits per heavy atom. The highest BCUT2D eigenvalue weighted by Crippen LogP contribution is 2.42. The smallest absolute Gasteiger partial charge is 0.259 e. The van der Waals surface area contributed by atoms with E-state index in [4.69, 9.17) is 0 Å². The summed E-state index contributed by atoms with van der Waals surface area (Å²) in [6, 6.07) is 13.8. The quantitative estimate of drug-likeness (QED) is 0.503. The van der Waals surface area contributed by atoms with E-state index in [9.17, 15) is 4.79 Å². The van der Waals surface area contributed by atoms with Crippen LogP contribution in [0, 0.1) is 5.92 Å². The number of piperidine rings is 1. The number of benzene rings is 1. The maximum Gasteiger partial charge on any atom is 0.259 e. The third kappa shape index (κ3) is 5.36. The summed E-state index contributed by atoms with van der Waals surface area (Å²) in [5.41, 5.74) is 5.11. The highest BCUT2D eigenvalue weighted by atomic mass is 16.1. The van der Waals surface area contributed by atoms with E-state index in [1.54, 1.807) is 30.7 Å². The van der Waals surface area contributed by atoms with Crippen molar-refractivity contribution in [3.05, 3.63) is 77.7 Å². The molecule has 0 radical (unpaired) electrons. The van der Waals surface area contributed by atoms with E-state index in [1.165, 1.54) is 37.2 Å². The number of carbonyl (C=O) groups is 1. The predicted molar refractivity (Wildman–Crippen MR) is 146 cm³/mol. The first-order chi connectivity index (χ1) is 17.4. The Kier molecular flexibility index (Phi) is 6.92. The number of pyridine rings is 2. The first-order valence-electron chi connectivity index (χ1n) is 12.9. The lowest BCUT2D eigenvalue weighted by molar-refractivity contribution is 0.102. The minimum atomic E-state index is -0.167. The van der Waals surface area contributed by atoms with Gasteiger partial charge in [-0.05, 0) is 86.4 Å². The van der Waals surface area contributed by atoms with Gasteiger partial charge in [-0.15, -0.1) is 0 Å². The summed E-state index contributed by atoms with van der Waals surface area (Å²) >= 11 is 0. The molecule has 0 bridgehead atoms. The Bertz CT molecular complexity index is 1200. The van der Waals surface area contributed by atoms with Gasteiger partial charge in [0.2, 0.25) is 0 Å². The number of rotatable bonds is 7. The molecule has 36 heavy (non-hydrogen) atoms. The summed E-state index contributed by atoms with van der Waals surface area (Å²) in [4.78, 5) is 26.7. The Hall–Kier alpha value is -3.45. The second-order valence-electron chi connectivity index (χ2n) is 10.8.